The molecule has 2 rings (SSSR count). The van der Waals surface area contributed by atoms with E-state index in [0.717, 1.165) is 18.6 Å². The largest absolute Gasteiger partial charge is 0.497 e. The molecule has 1 atom stereocenters. The molecule has 1 unspecified atom stereocenters. The van der Waals surface area contributed by atoms with E-state index in [9.17, 15) is 4.79 Å². The van der Waals surface area contributed by atoms with Crippen molar-refractivity contribution in [2.75, 3.05) is 7.11 Å². The van der Waals surface area contributed by atoms with Crippen LogP contribution in [0.2, 0.25) is 0 Å². The minimum absolute atomic E-state index is 0.300. The van der Waals surface area contributed by atoms with Crippen LogP contribution in [0.4, 0.5) is 0 Å². The molecule has 0 N–H and O–H groups in total. The molecular formula is C19H28O2. The lowest BCUT2D eigenvalue weighted by Gasteiger charge is -2.25. The predicted molar refractivity (Wildman–Crippen MR) is 86.8 cm³/mol. The normalized spacial score (nSPS) is 17.7. The van der Waals surface area contributed by atoms with Crippen molar-refractivity contribution < 1.29 is 9.53 Å². The van der Waals surface area contributed by atoms with E-state index in [4.69, 9.17) is 4.74 Å². The van der Waals surface area contributed by atoms with E-state index in [0.29, 0.717) is 30.0 Å². The van der Waals surface area contributed by atoms with Gasteiger partial charge in [0.05, 0.1) is 7.11 Å². The summed E-state index contributed by atoms with van der Waals surface area (Å²) in [4.78, 5) is 12.6. The van der Waals surface area contributed by atoms with E-state index >= 15 is 0 Å². The van der Waals surface area contributed by atoms with E-state index in [1.165, 1.54) is 24.8 Å². The van der Waals surface area contributed by atoms with Crippen molar-refractivity contribution in [1.29, 1.82) is 0 Å². The lowest BCUT2D eigenvalue weighted by atomic mass is 9.78. The van der Waals surface area contributed by atoms with Gasteiger partial charge in [-0.3, -0.25) is 4.79 Å². The molecule has 2 nitrogen and oxygen atoms in total. The Morgan fingerprint density at radius 3 is 2.57 bits per heavy atom. The fourth-order valence-electron chi connectivity index (χ4n) is 3.42. The second kappa shape index (κ2) is 7.63. The molecule has 116 valence electrons. The Labute approximate surface area is 128 Å². The zero-order valence-electron chi connectivity index (χ0n) is 13.6. The summed E-state index contributed by atoms with van der Waals surface area (Å²) in [5, 5.41) is 0. The Balaban J connectivity index is 2.09. The molecule has 0 bridgehead atoms. The Morgan fingerprint density at radius 1 is 1.24 bits per heavy atom. The molecule has 2 heteroatoms. The minimum Gasteiger partial charge on any atom is -0.497 e. The van der Waals surface area contributed by atoms with E-state index in [2.05, 4.69) is 26.0 Å². The third-order valence-electron chi connectivity index (χ3n) is 4.81. The number of methoxy groups -OCH3 is 1. The molecule has 1 fully saturated rings. The topological polar surface area (TPSA) is 26.3 Å². The first-order chi connectivity index (χ1) is 10.1. The molecule has 0 heterocycles. The van der Waals surface area contributed by atoms with Gasteiger partial charge in [-0.25, -0.2) is 0 Å². The zero-order valence-corrected chi connectivity index (χ0v) is 13.6. The highest BCUT2D eigenvalue weighted by atomic mass is 16.5. The lowest BCUT2D eigenvalue weighted by molar-refractivity contribution is -0.124. The Hall–Kier alpha value is -1.31. The predicted octanol–water partition coefficient (Wildman–Crippen LogP) is 4.97. The van der Waals surface area contributed by atoms with E-state index in [1.54, 1.807) is 7.11 Å². The van der Waals surface area contributed by atoms with Gasteiger partial charge >= 0.3 is 0 Å². The van der Waals surface area contributed by atoms with Gasteiger partial charge in [0.2, 0.25) is 0 Å². The molecule has 0 radical (unpaired) electrons. The van der Waals surface area contributed by atoms with Gasteiger partial charge in [0.25, 0.3) is 0 Å². The first kappa shape index (κ1) is 16.1. The molecule has 0 aliphatic heterocycles. The summed E-state index contributed by atoms with van der Waals surface area (Å²) in [6.45, 7) is 4.41. The fourth-order valence-corrected chi connectivity index (χ4v) is 3.42. The van der Waals surface area contributed by atoms with Gasteiger partial charge in [-0.15, -0.1) is 0 Å². The molecule has 1 aromatic carbocycles. The minimum atomic E-state index is 0.300. The molecule has 0 amide bonds. The lowest BCUT2D eigenvalue weighted by Crippen LogP contribution is -2.21. The van der Waals surface area contributed by atoms with Crippen LogP contribution in [-0.4, -0.2) is 12.9 Å². The van der Waals surface area contributed by atoms with Gasteiger partial charge in [-0.2, -0.15) is 0 Å². The first-order valence-electron chi connectivity index (χ1n) is 8.28. The maximum Gasteiger partial charge on any atom is 0.136 e. The summed E-state index contributed by atoms with van der Waals surface area (Å²) in [6.07, 6.45) is 6.62. The van der Waals surface area contributed by atoms with Crippen molar-refractivity contribution in [2.24, 2.45) is 11.8 Å². The van der Waals surface area contributed by atoms with Gasteiger partial charge in [-0.05, 0) is 42.4 Å². The third kappa shape index (κ3) is 4.33. The van der Waals surface area contributed by atoms with Crippen LogP contribution >= 0.6 is 0 Å². The van der Waals surface area contributed by atoms with Crippen LogP contribution in [0.1, 0.15) is 63.9 Å². The maximum atomic E-state index is 12.6. The summed E-state index contributed by atoms with van der Waals surface area (Å²) >= 11 is 0. The van der Waals surface area contributed by atoms with Crippen LogP contribution in [0, 0.1) is 11.8 Å². The van der Waals surface area contributed by atoms with Crippen molar-refractivity contribution >= 4 is 5.78 Å². The number of ether oxygens (including phenoxy) is 1. The smallest absolute Gasteiger partial charge is 0.136 e. The number of carbonyl (C=O) groups is 1. The van der Waals surface area contributed by atoms with E-state index < -0.39 is 0 Å². The fraction of sp³-hybridized carbons (Fsp3) is 0.632. The van der Waals surface area contributed by atoms with Crippen LogP contribution in [0.25, 0.3) is 0 Å². The standard InChI is InChI=1S/C19H28O2/c1-14(2)18(16-10-7-11-17(12-16)21-3)13-19(20)15-8-5-4-6-9-15/h7,10-12,14-15,18H,4-6,8-9,13H2,1-3H3. The molecular weight excluding hydrogens is 260 g/mol. The van der Waals surface area contributed by atoms with Crippen LogP contribution < -0.4 is 4.74 Å². The van der Waals surface area contributed by atoms with E-state index in [1.807, 2.05) is 12.1 Å². The Bertz CT molecular complexity index is 458. The molecule has 0 aromatic heterocycles. The second-order valence-corrected chi connectivity index (χ2v) is 6.63. The molecule has 21 heavy (non-hydrogen) atoms. The molecule has 0 saturated heterocycles. The van der Waals surface area contributed by atoms with Gasteiger partial charge in [0, 0.05) is 12.3 Å². The number of Topliss-reactive ketones (excluding diaryl/α,β-unsaturated/α-hetero) is 1. The number of ketones is 1. The van der Waals surface area contributed by atoms with Gasteiger partial charge in [0.1, 0.15) is 11.5 Å². The van der Waals surface area contributed by atoms with Crippen LogP contribution in [-0.2, 0) is 4.79 Å². The van der Waals surface area contributed by atoms with Crippen molar-refractivity contribution in [2.45, 2.75) is 58.3 Å². The number of hydrogen-bond donors (Lipinski definition) is 0. The number of rotatable bonds is 6. The monoisotopic (exact) mass is 288 g/mol. The highest BCUT2D eigenvalue weighted by molar-refractivity contribution is 5.82. The highest BCUT2D eigenvalue weighted by Gasteiger charge is 2.26. The van der Waals surface area contributed by atoms with Gasteiger partial charge in [-0.1, -0.05) is 45.2 Å². The molecule has 1 saturated carbocycles. The van der Waals surface area contributed by atoms with E-state index in [-0.39, 0.29) is 0 Å². The van der Waals surface area contributed by atoms with Crippen molar-refractivity contribution in [3.05, 3.63) is 29.8 Å². The number of benzene rings is 1. The summed E-state index contributed by atoms with van der Waals surface area (Å²) in [5.41, 5.74) is 1.23. The van der Waals surface area contributed by atoms with Crippen molar-refractivity contribution in [3.63, 3.8) is 0 Å². The number of carbonyl (C=O) groups excluding carboxylic acids is 1. The summed E-state index contributed by atoms with van der Waals surface area (Å²) < 4.78 is 5.32. The van der Waals surface area contributed by atoms with Crippen molar-refractivity contribution in [1.82, 2.24) is 0 Å². The molecule has 1 aliphatic carbocycles. The Morgan fingerprint density at radius 2 is 1.95 bits per heavy atom. The Kier molecular flexibility index (Phi) is 5.84. The molecule has 0 spiro atoms. The molecule has 1 aliphatic rings. The van der Waals surface area contributed by atoms with Crippen LogP contribution in [0.15, 0.2) is 24.3 Å². The molecule has 1 aromatic rings. The summed E-state index contributed by atoms with van der Waals surface area (Å²) in [5.74, 6) is 2.42. The average Bonchev–Trinajstić information content (AvgIpc) is 2.53. The quantitative estimate of drug-likeness (QED) is 0.738. The van der Waals surface area contributed by atoms with Crippen molar-refractivity contribution in [3.8, 4) is 5.75 Å². The summed E-state index contributed by atoms with van der Waals surface area (Å²) in [6, 6.07) is 8.19. The van der Waals surface area contributed by atoms with Gasteiger partial charge in [0.15, 0.2) is 0 Å². The number of hydrogen-bond acceptors (Lipinski definition) is 2. The summed E-state index contributed by atoms with van der Waals surface area (Å²) in [7, 11) is 1.69. The SMILES string of the molecule is COc1cccc(C(CC(=O)C2CCCCC2)C(C)C)c1. The highest BCUT2D eigenvalue weighted by Crippen LogP contribution is 2.34. The van der Waals surface area contributed by atoms with Crippen LogP contribution in [0.3, 0.4) is 0 Å². The zero-order chi connectivity index (χ0) is 15.2. The average molecular weight is 288 g/mol. The van der Waals surface area contributed by atoms with Crippen LogP contribution in [0.5, 0.6) is 5.75 Å². The third-order valence-corrected chi connectivity index (χ3v) is 4.81. The van der Waals surface area contributed by atoms with Gasteiger partial charge < -0.3 is 4.74 Å². The maximum absolute atomic E-state index is 12.6. The first-order valence-corrected chi connectivity index (χ1v) is 8.28. The second-order valence-electron chi connectivity index (χ2n) is 6.63.